The fourth-order valence-electron chi connectivity index (χ4n) is 1.50. The van der Waals surface area contributed by atoms with E-state index in [9.17, 15) is 18.0 Å². The molecule has 0 unspecified atom stereocenters. The molecule has 2 aromatic rings. The van der Waals surface area contributed by atoms with Crippen LogP contribution < -0.4 is 0 Å². The lowest BCUT2D eigenvalue weighted by atomic mass is 10.1. The molecule has 0 aliphatic rings. The first-order valence-corrected chi connectivity index (χ1v) is 6.42. The van der Waals surface area contributed by atoms with Gasteiger partial charge in [0.15, 0.2) is 5.78 Å². The standard InChI is InChI=1S/C14H9F3OS/c15-9-5-6-10(12(17)7-9)13(18)8-19-14-4-2-1-3-11(14)16/h1-7H,8H2. The molecule has 0 spiro atoms. The van der Waals surface area contributed by atoms with Crippen LogP contribution in [-0.4, -0.2) is 11.5 Å². The summed E-state index contributed by atoms with van der Waals surface area (Å²) in [5, 5.41) is 0. The van der Waals surface area contributed by atoms with Gasteiger partial charge in [0.05, 0.1) is 11.3 Å². The molecule has 98 valence electrons. The van der Waals surface area contributed by atoms with E-state index in [-0.39, 0.29) is 11.3 Å². The molecule has 0 fully saturated rings. The lowest BCUT2D eigenvalue weighted by Gasteiger charge is -2.04. The molecule has 0 atom stereocenters. The first-order valence-electron chi connectivity index (χ1n) is 5.43. The number of hydrogen-bond acceptors (Lipinski definition) is 2. The molecule has 0 aliphatic heterocycles. The molecule has 1 nitrogen and oxygen atoms in total. The van der Waals surface area contributed by atoms with E-state index in [1.165, 1.54) is 12.1 Å². The van der Waals surface area contributed by atoms with Gasteiger partial charge < -0.3 is 0 Å². The quantitative estimate of drug-likeness (QED) is 0.621. The minimum Gasteiger partial charge on any atom is -0.293 e. The van der Waals surface area contributed by atoms with Crippen molar-refractivity contribution in [1.29, 1.82) is 0 Å². The molecule has 0 saturated heterocycles. The van der Waals surface area contributed by atoms with Crippen molar-refractivity contribution in [2.75, 3.05) is 5.75 Å². The maximum Gasteiger partial charge on any atom is 0.176 e. The highest BCUT2D eigenvalue weighted by Gasteiger charge is 2.13. The van der Waals surface area contributed by atoms with E-state index in [4.69, 9.17) is 0 Å². The second-order valence-corrected chi connectivity index (χ2v) is 4.78. The van der Waals surface area contributed by atoms with E-state index in [0.717, 1.165) is 23.9 Å². The van der Waals surface area contributed by atoms with Crippen molar-refractivity contribution in [3.63, 3.8) is 0 Å². The Morgan fingerprint density at radius 3 is 2.42 bits per heavy atom. The van der Waals surface area contributed by atoms with E-state index in [1.807, 2.05) is 0 Å². The molecule has 0 bridgehead atoms. The molecule has 5 heteroatoms. The smallest absolute Gasteiger partial charge is 0.176 e. The second-order valence-electron chi connectivity index (χ2n) is 3.77. The highest BCUT2D eigenvalue weighted by atomic mass is 32.2. The summed E-state index contributed by atoms with van der Waals surface area (Å²) in [4.78, 5) is 12.1. The van der Waals surface area contributed by atoms with Gasteiger partial charge in [-0.1, -0.05) is 12.1 Å². The monoisotopic (exact) mass is 282 g/mol. The zero-order chi connectivity index (χ0) is 13.8. The molecular formula is C14H9F3OS. The van der Waals surface area contributed by atoms with Crippen LogP contribution in [0.5, 0.6) is 0 Å². The molecule has 0 N–H and O–H groups in total. The number of thioether (sulfide) groups is 1. The van der Waals surface area contributed by atoms with Crippen LogP contribution in [-0.2, 0) is 0 Å². The molecule has 2 aromatic carbocycles. The molecule has 19 heavy (non-hydrogen) atoms. The Morgan fingerprint density at radius 1 is 1.00 bits per heavy atom. The first-order chi connectivity index (χ1) is 9.08. The maximum atomic E-state index is 13.4. The Labute approximate surface area is 112 Å². The predicted molar refractivity (Wildman–Crippen MR) is 67.8 cm³/mol. The average molecular weight is 282 g/mol. The van der Waals surface area contributed by atoms with E-state index in [1.54, 1.807) is 12.1 Å². The van der Waals surface area contributed by atoms with Crippen molar-refractivity contribution >= 4 is 17.5 Å². The van der Waals surface area contributed by atoms with Crippen molar-refractivity contribution in [3.8, 4) is 0 Å². The maximum absolute atomic E-state index is 13.4. The highest BCUT2D eigenvalue weighted by Crippen LogP contribution is 2.22. The van der Waals surface area contributed by atoms with Gasteiger partial charge in [0.2, 0.25) is 0 Å². The molecule has 0 saturated carbocycles. The van der Waals surface area contributed by atoms with Crippen LogP contribution in [0.15, 0.2) is 47.4 Å². The molecule has 0 amide bonds. The number of halogens is 3. The number of carbonyl (C=O) groups is 1. The van der Waals surface area contributed by atoms with Gasteiger partial charge in [-0.25, -0.2) is 13.2 Å². The topological polar surface area (TPSA) is 17.1 Å². The van der Waals surface area contributed by atoms with Gasteiger partial charge in [0.25, 0.3) is 0 Å². The molecular weight excluding hydrogens is 273 g/mol. The summed E-state index contributed by atoms with van der Waals surface area (Å²) >= 11 is 0.978. The molecule has 0 aromatic heterocycles. The minimum absolute atomic E-state index is 0.108. The Hall–Kier alpha value is -1.75. The number of rotatable bonds is 4. The van der Waals surface area contributed by atoms with E-state index in [2.05, 4.69) is 0 Å². The Kier molecular flexibility index (Phi) is 4.27. The lowest BCUT2D eigenvalue weighted by Crippen LogP contribution is -2.05. The average Bonchev–Trinajstić information content (AvgIpc) is 2.37. The van der Waals surface area contributed by atoms with Gasteiger partial charge >= 0.3 is 0 Å². The summed E-state index contributed by atoms with van der Waals surface area (Å²) < 4.78 is 39.4. The number of hydrogen-bond donors (Lipinski definition) is 0. The fourth-order valence-corrected chi connectivity index (χ4v) is 2.32. The third kappa shape index (κ3) is 3.38. The van der Waals surface area contributed by atoms with Crippen LogP contribution in [0, 0.1) is 17.5 Å². The van der Waals surface area contributed by atoms with Crippen LogP contribution in [0.25, 0.3) is 0 Å². The summed E-state index contributed by atoms with van der Waals surface area (Å²) in [6.07, 6.45) is 0. The Bertz CT molecular complexity index is 613. The van der Waals surface area contributed by atoms with Crippen molar-refractivity contribution in [1.82, 2.24) is 0 Å². The third-order valence-electron chi connectivity index (χ3n) is 2.43. The first kappa shape index (κ1) is 13.7. The predicted octanol–water partition coefficient (Wildman–Crippen LogP) is 4.08. The van der Waals surface area contributed by atoms with Gasteiger partial charge in [0.1, 0.15) is 17.5 Å². The van der Waals surface area contributed by atoms with Gasteiger partial charge in [-0.15, -0.1) is 11.8 Å². The van der Waals surface area contributed by atoms with E-state index >= 15 is 0 Å². The summed E-state index contributed by atoms with van der Waals surface area (Å²) in [6, 6.07) is 8.77. The zero-order valence-electron chi connectivity index (χ0n) is 9.70. The van der Waals surface area contributed by atoms with Crippen molar-refractivity contribution in [2.45, 2.75) is 4.90 Å². The number of benzene rings is 2. The summed E-state index contributed by atoms with van der Waals surface area (Å²) in [7, 11) is 0. The van der Waals surface area contributed by atoms with Crippen LogP contribution in [0.1, 0.15) is 10.4 Å². The third-order valence-corrected chi connectivity index (χ3v) is 3.48. The van der Waals surface area contributed by atoms with Crippen LogP contribution in [0.3, 0.4) is 0 Å². The van der Waals surface area contributed by atoms with Gasteiger partial charge in [-0.3, -0.25) is 4.79 Å². The fraction of sp³-hybridized carbons (Fsp3) is 0.0714. The van der Waals surface area contributed by atoms with Gasteiger partial charge in [-0.05, 0) is 24.3 Å². The van der Waals surface area contributed by atoms with E-state index in [0.29, 0.717) is 11.0 Å². The van der Waals surface area contributed by atoms with Crippen molar-refractivity contribution < 1.29 is 18.0 Å². The van der Waals surface area contributed by atoms with Crippen molar-refractivity contribution in [3.05, 3.63) is 65.5 Å². The largest absolute Gasteiger partial charge is 0.293 e. The van der Waals surface area contributed by atoms with Crippen LogP contribution in [0.2, 0.25) is 0 Å². The van der Waals surface area contributed by atoms with Crippen LogP contribution in [0.4, 0.5) is 13.2 Å². The van der Waals surface area contributed by atoms with Crippen molar-refractivity contribution in [2.24, 2.45) is 0 Å². The summed E-state index contributed by atoms with van der Waals surface area (Å²) in [5.41, 5.74) is -0.190. The second kappa shape index (κ2) is 5.93. The van der Waals surface area contributed by atoms with Crippen LogP contribution >= 0.6 is 11.8 Å². The van der Waals surface area contributed by atoms with Gasteiger partial charge in [0, 0.05) is 11.0 Å². The van der Waals surface area contributed by atoms with Gasteiger partial charge in [-0.2, -0.15) is 0 Å². The van der Waals surface area contributed by atoms with E-state index < -0.39 is 23.2 Å². The molecule has 0 aliphatic carbocycles. The molecule has 0 radical (unpaired) electrons. The Morgan fingerprint density at radius 2 is 1.74 bits per heavy atom. The summed E-state index contributed by atoms with van der Waals surface area (Å²) in [5.74, 6) is -2.69. The normalized spacial score (nSPS) is 10.5. The molecule has 2 rings (SSSR count). The number of Topliss-reactive ketones (excluding diaryl/α,β-unsaturated/α-hetero) is 1. The Balaban J connectivity index is 2.08. The zero-order valence-corrected chi connectivity index (χ0v) is 10.5. The highest BCUT2D eigenvalue weighted by molar-refractivity contribution is 8.00. The SMILES string of the molecule is O=C(CSc1ccccc1F)c1ccc(F)cc1F. The summed E-state index contributed by atoms with van der Waals surface area (Å²) in [6.45, 7) is 0. The number of ketones is 1. The number of carbonyl (C=O) groups excluding carboxylic acids is 1. The lowest BCUT2D eigenvalue weighted by molar-refractivity contribution is 0.101. The molecule has 0 heterocycles. The minimum atomic E-state index is -0.904.